The number of aromatic nitrogens is 1. The van der Waals surface area contributed by atoms with Gasteiger partial charge in [0.25, 0.3) is 5.91 Å². The number of nitrogens with one attached hydrogen (secondary N) is 1. The lowest BCUT2D eigenvalue weighted by molar-refractivity contribution is -0.121. The van der Waals surface area contributed by atoms with Crippen molar-refractivity contribution in [3.05, 3.63) is 17.5 Å². The second kappa shape index (κ2) is 8.86. The van der Waals surface area contributed by atoms with Gasteiger partial charge in [0.2, 0.25) is 6.41 Å². The summed E-state index contributed by atoms with van der Waals surface area (Å²) in [6.07, 6.45) is 10.4. The maximum Gasteiger partial charge on any atom is 0.273 e. The molecule has 160 valence electrons. The Bertz CT molecular complexity index is 709. The Morgan fingerprint density at radius 1 is 1.31 bits per heavy atom. The first-order chi connectivity index (χ1) is 14.0. The number of hydrogen-bond donors (Lipinski definition) is 1. The van der Waals surface area contributed by atoms with Crippen molar-refractivity contribution in [1.29, 1.82) is 0 Å². The fourth-order valence-electron chi connectivity index (χ4n) is 4.94. The Hall–Kier alpha value is -1.89. The van der Waals surface area contributed by atoms with Gasteiger partial charge in [0.15, 0.2) is 5.69 Å². The molecule has 2 aliphatic carbocycles. The maximum absolute atomic E-state index is 12.6. The van der Waals surface area contributed by atoms with Crippen LogP contribution in [0.5, 0.6) is 0 Å². The van der Waals surface area contributed by atoms with Crippen LogP contribution < -0.4 is 5.32 Å². The van der Waals surface area contributed by atoms with E-state index in [1.165, 1.54) is 32.1 Å². The third-order valence-electron chi connectivity index (χ3n) is 6.74. The molecule has 0 spiro atoms. The zero-order valence-corrected chi connectivity index (χ0v) is 17.7. The van der Waals surface area contributed by atoms with Crippen molar-refractivity contribution in [3.63, 3.8) is 0 Å². The molecule has 1 aromatic rings. The number of hydrogen-bond acceptors (Lipinski definition) is 5. The van der Waals surface area contributed by atoms with E-state index in [0.29, 0.717) is 23.8 Å². The van der Waals surface area contributed by atoms with Gasteiger partial charge >= 0.3 is 0 Å². The van der Waals surface area contributed by atoms with Crippen LogP contribution in [-0.4, -0.2) is 64.5 Å². The minimum atomic E-state index is -0.165. The van der Waals surface area contributed by atoms with Crippen LogP contribution in [-0.2, 0) is 4.79 Å². The number of likely N-dealkylation sites (tertiary alicyclic amines) is 1. The van der Waals surface area contributed by atoms with Crippen molar-refractivity contribution in [1.82, 2.24) is 20.3 Å². The molecule has 3 aliphatic rings. The summed E-state index contributed by atoms with van der Waals surface area (Å²) in [5.41, 5.74) is 0.354. The van der Waals surface area contributed by atoms with Crippen LogP contribution in [0.4, 0.5) is 0 Å². The molecule has 2 heterocycles. The molecule has 2 unspecified atom stereocenters. The van der Waals surface area contributed by atoms with E-state index in [9.17, 15) is 9.59 Å². The van der Waals surface area contributed by atoms with E-state index in [1.807, 2.05) is 18.7 Å². The van der Waals surface area contributed by atoms with Crippen molar-refractivity contribution >= 4 is 12.3 Å². The third kappa shape index (κ3) is 4.82. The summed E-state index contributed by atoms with van der Waals surface area (Å²) in [6.45, 7) is 5.66. The highest BCUT2D eigenvalue weighted by atomic mass is 16.5. The molecule has 3 fully saturated rings. The number of carbonyl (C=O) groups is 2. The van der Waals surface area contributed by atoms with Gasteiger partial charge in [0.05, 0.1) is 0 Å². The molecule has 4 rings (SSSR count). The summed E-state index contributed by atoms with van der Waals surface area (Å²) >= 11 is 0. The van der Waals surface area contributed by atoms with Gasteiger partial charge in [-0.15, -0.1) is 0 Å². The standard InChI is InChI=1S/C22H34N4O3/c1-15(2)21-11-20(24-29-21)22(28)23-16-10-19(26(12-16)18-8-9-18)13-25(14-27)17-6-4-3-5-7-17/h11,14-19H,3-10,12-13H2,1-2H3,(H,23,28). The highest BCUT2D eigenvalue weighted by Crippen LogP contribution is 2.34. The van der Waals surface area contributed by atoms with Crippen molar-refractivity contribution in [2.45, 2.75) is 95.3 Å². The Labute approximate surface area is 173 Å². The van der Waals surface area contributed by atoms with Crippen LogP contribution in [0.25, 0.3) is 0 Å². The average molecular weight is 403 g/mol. The van der Waals surface area contributed by atoms with Crippen molar-refractivity contribution in [2.24, 2.45) is 0 Å². The molecule has 1 aromatic heterocycles. The molecule has 1 saturated heterocycles. The first kappa shape index (κ1) is 20.4. The van der Waals surface area contributed by atoms with Gasteiger partial charge in [-0.3, -0.25) is 14.5 Å². The Morgan fingerprint density at radius 2 is 2.07 bits per heavy atom. The van der Waals surface area contributed by atoms with Gasteiger partial charge in [-0.1, -0.05) is 38.3 Å². The van der Waals surface area contributed by atoms with Gasteiger partial charge < -0.3 is 14.7 Å². The molecule has 0 radical (unpaired) electrons. The molecule has 0 bridgehead atoms. The van der Waals surface area contributed by atoms with Crippen molar-refractivity contribution in [3.8, 4) is 0 Å². The third-order valence-corrected chi connectivity index (χ3v) is 6.74. The Morgan fingerprint density at radius 3 is 2.69 bits per heavy atom. The van der Waals surface area contributed by atoms with E-state index in [4.69, 9.17) is 4.52 Å². The van der Waals surface area contributed by atoms with Gasteiger partial charge in [-0.25, -0.2) is 0 Å². The maximum atomic E-state index is 12.6. The lowest BCUT2D eigenvalue weighted by atomic mass is 9.94. The second-order valence-corrected chi connectivity index (χ2v) is 9.35. The second-order valence-electron chi connectivity index (χ2n) is 9.35. The first-order valence-electron chi connectivity index (χ1n) is 11.3. The molecule has 2 saturated carbocycles. The van der Waals surface area contributed by atoms with Crippen LogP contribution in [0.1, 0.15) is 87.4 Å². The first-order valence-corrected chi connectivity index (χ1v) is 11.3. The number of nitrogens with zero attached hydrogens (tertiary/aromatic N) is 3. The minimum absolute atomic E-state index is 0.0900. The quantitative estimate of drug-likeness (QED) is 0.677. The number of carbonyl (C=O) groups excluding carboxylic acids is 2. The molecule has 1 N–H and O–H groups in total. The molecule has 7 heteroatoms. The Kier molecular flexibility index (Phi) is 6.23. The van der Waals surface area contributed by atoms with E-state index in [-0.39, 0.29) is 17.9 Å². The summed E-state index contributed by atoms with van der Waals surface area (Å²) in [4.78, 5) is 29.0. The van der Waals surface area contributed by atoms with Crippen LogP contribution in [0.3, 0.4) is 0 Å². The van der Waals surface area contributed by atoms with E-state index >= 15 is 0 Å². The monoisotopic (exact) mass is 402 g/mol. The topological polar surface area (TPSA) is 78.7 Å². The molecule has 7 nitrogen and oxygen atoms in total. The summed E-state index contributed by atoms with van der Waals surface area (Å²) in [5, 5.41) is 7.08. The summed E-state index contributed by atoms with van der Waals surface area (Å²) in [6, 6.07) is 3.15. The molecule has 0 aromatic carbocycles. The summed E-state index contributed by atoms with van der Waals surface area (Å²) in [7, 11) is 0. The van der Waals surface area contributed by atoms with Crippen molar-refractivity contribution < 1.29 is 14.1 Å². The fourth-order valence-corrected chi connectivity index (χ4v) is 4.94. The average Bonchev–Trinajstić information content (AvgIpc) is 3.29. The van der Waals surface area contributed by atoms with E-state index < -0.39 is 0 Å². The summed E-state index contributed by atoms with van der Waals surface area (Å²) < 4.78 is 5.27. The predicted octanol–water partition coefficient (Wildman–Crippen LogP) is 2.92. The molecular weight excluding hydrogens is 368 g/mol. The zero-order valence-electron chi connectivity index (χ0n) is 17.7. The SMILES string of the molecule is CC(C)c1cc(C(=O)NC2CC(CN(C=O)C3CCCCC3)N(C3CC3)C2)no1. The zero-order chi connectivity index (χ0) is 20.4. The molecule has 1 aliphatic heterocycles. The summed E-state index contributed by atoms with van der Waals surface area (Å²) in [5.74, 6) is 0.772. The van der Waals surface area contributed by atoms with E-state index in [2.05, 4.69) is 15.4 Å². The largest absolute Gasteiger partial charge is 0.360 e. The molecule has 2 atom stereocenters. The lowest BCUT2D eigenvalue weighted by Gasteiger charge is -2.35. The van der Waals surface area contributed by atoms with E-state index in [0.717, 1.165) is 44.5 Å². The van der Waals surface area contributed by atoms with Crippen LogP contribution in [0.2, 0.25) is 0 Å². The fraction of sp³-hybridized carbons (Fsp3) is 0.773. The van der Waals surface area contributed by atoms with Gasteiger partial charge in [-0.05, 0) is 32.1 Å². The lowest BCUT2D eigenvalue weighted by Crippen LogP contribution is -2.45. The Balaban J connectivity index is 1.37. The highest BCUT2D eigenvalue weighted by molar-refractivity contribution is 5.92. The minimum Gasteiger partial charge on any atom is -0.360 e. The predicted molar refractivity (Wildman–Crippen MR) is 110 cm³/mol. The van der Waals surface area contributed by atoms with Gasteiger partial charge in [0, 0.05) is 49.2 Å². The smallest absolute Gasteiger partial charge is 0.273 e. The van der Waals surface area contributed by atoms with Crippen LogP contribution >= 0.6 is 0 Å². The van der Waals surface area contributed by atoms with Crippen molar-refractivity contribution in [2.75, 3.05) is 13.1 Å². The normalized spacial score (nSPS) is 26.0. The highest BCUT2D eigenvalue weighted by Gasteiger charge is 2.42. The van der Waals surface area contributed by atoms with Crippen LogP contribution in [0, 0.1) is 0 Å². The number of rotatable bonds is 8. The molecular formula is C22H34N4O3. The van der Waals surface area contributed by atoms with Crippen LogP contribution in [0.15, 0.2) is 10.6 Å². The molecule has 2 amide bonds. The van der Waals surface area contributed by atoms with Gasteiger partial charge in [0.1, 0.15) is 5.76 Å². The van der Waals surface area contributed by atoms with Gasteiger partial charge in [-0.2, -0.15) is 0 Å². The number of amides is 2. The van der Waals surface area contributed by atoms with E-state index in [1.54, 1.807) is 6.07 Å². The molecule has 29 heavy (non-hydrogen) atoms.